The van der Waals surface area contributed by atoms with Gasteiger partial charge in [0.2, 0.25) is 0 Å². The monoisotopic (exact) mass is 288 g/mol. The molecule has 1 aliphatic heterocycles. The number of ether oxygens (including phenoxy) is 1. The van der Waals surface area contributed by atoms with Gasteiger partial charge < -0.3 is 15.0 Å². The zero-order chi connectivity index (χ0) is 14.3. The molecule has 2 fully saturated rings. The largest absolute Gasteiger partial charge is 0.494 e. The summed E-state index contributed by atoms with van der Waals surface area (Å²) in [5, 5.41) is 3.62. The molecular formula is C18H28N2O. The molecular weight excluding hydrogens is 260 g/mol. The summed E-state index contributed by atoms with van der Waals surface area (Å²) in [4.78, 5) is 2.66. The normalized spacial score (nSPS) is 21.9. The molecule has 0 spiro atoms. The Morgan fingerprint density at radius 3 is 2.67 bits per heavy atom. The van der Waals surface area contributed by atoms with Crippen LogP contribution in [0.25, 0.3) is 0 Å². The van der Waals surface area contributed by atoms with Gasteiger partial charge in [-0.3, -0.25) is 0 Å². The van der Waals surface area contributed by atoms with Crippen molar-refractivity contribution in [2.45, 2.75) is 38.1 Å². The molecule has 1 aliphatic carbocycles. The van der Waals surface area contributed by atoms with E-state index in [2.05, 4.69) is 10.2 Å². The molecule has 0 amide bonds. The van der Waals surface area contributed by atoms with Crippen molar-refractivity contribution < 1.29 is 4.74 Å². The Hall–Kier alpha value is -1.06. The molecule has 3 heteroatoms. The van der Waals surface area contributed by atoms with E-state index >= 15 is 0 Å². The maximum absolute atomic E-state index is 5.80. The van der Waals surface area contributed by atoms with Gasteiger partial charge in [0.1, 0.15) is 5.75 Å². The van der Waals surface area contributed by atoms with Crippen molar-refractivity contribution in [1.29, 1.82) is 0 Å². The van der Waals surface area contributed by atoms with Gasteiger partial charge in [0.15, 0.2) is 0 Å². The van der Waals surface area contributed by atoms with Gasteiger partial charge in [0.05, 0.1) is 6.61 Å². The minimum Gasteiger partial charge on any atom is -0.494 e. The second-order valence-corrected chi connectivity index (χ2v) is 6.51. The third kappa shape index (κ3) is 5.33. The molecule has 1 saturated carbocycles. The quantitative estimate of drug-likeness (QED) is 0.707. The van der Waals surface area contributed by atoms with Crippen LogP contribution in [0.1, 0.15) is 32.1 Å². The fourth-order valence-corrected chi connectivity index (χ4v) is 3.14. The van der Waals surface area contributed by atoms with Crippen LogP contribution in [-0.4, -0.2) is 43.7 Å². The Morgan fingerprint density at radius 1 is 1.10 bits per heavy atom. The summed E-state index contributed by atoms with van der Waals surface area (Å²) >= 11 is 0. The van der Waals surface area contributed by atoms with E-state index in [0.717, 1.165) is 30.7 Å². The van der Waals surface area contributed by atoms with Crippen LogP contribution in [0.4, 0.5) is 0 Å². The number of para-hydroxylation sites is 1. The average molecular weight is 288 g/mol. The number of hydrogen-bond donors (Lipinski definition) is 1. The van der Waals surface area contributed by atoms with E-state index in [1.54, 1.807) is 0 Å². The minimum absolute atomic E-state index is 0.721. The molecule has 1 saturated heterocycles. The maximum atomic E-state index is 5.80. The van der Waals surface area contributed by atoms with E-state index in [9.17, 15) is 0 Å². The van der Waals surface area contributed by atoms with Crippen LogP contribution in [-0.2, 0) is 0 Å². The zero-order valence-corrected chi connectivity index (χ0v) is 13.0. The molecule has 116 valence electrons. The lowest BCUT2D eigenvalue weighted by molar-refractivity contribution is 0.213. The molecule has 21 heavy (non-hydrogen) atoms. The predicted molar refractivity (Wildman–Crippen MR) is 86.7 cm³/mol. The summed E-state index contributed by atoms with van der Waals surface area (Å²) in [5.74, 6) is 1.96. The number of rotatable bonds is 9. The molecule has 0 aromatic heterocycles. The van der Waals surface area contributed by atoms with E-state index in [1.807, 2.05) is 30.3 Å². The van der Waals surface area contributed by atoms with Gasteiger partial charge >= 0.3 is 0 Å². The molecule has 0 bridgehead atoms. The summed E-state index contributed by atoms with van der Waals surface area (Å²) in [7, 11) is 0. The highest BCUT2D eigenvalue weighted by Gasteiger charge is 2.26. The lowest BCUT2D eigenvalue weighted by atomic mass is 10.2. The van der Waals surface area contributed by atoms with Gasteiger partial charge in [0, 0.05) is 25.7 Å². The van der Waals surface area contributed by atoms with E-state index < -0.39 is 0 Å². The summed E-state index contributed by atoms with van der Waals surface area (Å²) < 4.78 is 5.80. The van der Waals surface area contributed by atoms with Crippen LogP contribution >= 0.6 is 0 Å². The van der Waals surface area contributed by atoms with E-state index in [4.69, 9.17) is 4.74 Å². The molecule has 1 N–H and O–H groups in total. The summed E-state index contributed by atoms with van der Waals surface area (Å²) in [6.07, 6.45) is 6.69. The molecule has 1 atom stereocenters. The number of nitrogens with one attached hydrogen (secondary N) is 1. The van der Waals surface area contributed by atoms with Crippen LogP contribution < -0.4 is 10.1 Å². The van der Waals surface area contributed by atoms with Crippen LogP contribution in [0, 0.1) is 5.92 Å². The standard InChI is InChI=1S/C18H28N2O/c1-2-7-18(8-3-1)21-13-5-12-20(14-16-9-10-16)15-17-6-4-11-19-17/h1-3,7-8,16-17,19H,4-6,9-15H2. The SMILES string of the molecule is c1ccc(OCCCN(CC2CC2)CC2CCCN2)cc1. The van der Waals surface area contributed by atoms with Gasteiger partial charge in [-0.05, 0) is 56.7 Å². The predicted octanol–water partition coefficient (Wildman–Crippen LogP) is 2.92. The number of benzene rings is 1. The highest BCUT2D eigenvalue weighted by atomic mass is 16.5. The second-order valence-electron chi connectivity index (χ2n) is 6.51. The smallest absolute Gasteiger partial charge is 0.119 e. The van der Waals surface area contributed by atoms with Crippen LogP contribution in [0.5, 0.6) is 5.75 Å². The summed E-state index contributed by atoms with van der Waals surface area (Å²) in [6.45, 7) is 5.72. The van der Waals surface area contributed by atoms with E-state index in [-0.39, 0.29) is 0 Å². The maximum Gasteiger partial charge on any atom is 0.119 e. The summed E-state index contributed by atoms with van der Waals surface area (Å²) in [5.41, 5.74) is 0. The van der Waals surface area contributed by atoms with E-state index in [0.29, 0.717) is 0 Å². The Bertz CT molecular complexity index is 399. The highest BCUT2D eigenvalue weighted by Crippen LogP contribution is 2.30. The van der Waals surface area contributed by atoms with Crippen LogP contribution in [0.15, 0.2) is 30.3 Å². The fourth-order valence-electron chi connectivity index (χ4n) is 3.14. The molecule has 1 heterocycles. The lowest BCUT2D eigenvalue weighted by Gasteiger charge is -2.25. The first kappa shape index (κ1) is 14.9. The number of hydrogen-bond acceptors (Lipinski definition) is 3. The van der Waals surface area contributed by atoms with Crippen LogP contribution in [0.3, 0.4) is 0 Å². The van der Waals surface area contributed by atoms with Crippen molar-refractivity contribution in [3.8, 4) is 5.75 Å². The van der Waals surface area contributed by atoms with Gasteiger partial charge in [-0.15, -0.1) is 0 Å². The first-order chi connectivity index (χ1) is 10.4. The van der Waals surface area contributed by atoms with Gasteiger partial charge in [-0.2, -0.15) is 0 Å². The molecule has 3 nitrogen and oxygen atoms in total. The van der Waals surface area contributed by atoms with Crippen molar-refractivity contribution >= 4 is 0 Å². The Kier molecular flexibility index (Phi) is 5.53. The Morgan fingerprint density at radius 2 is 1.95 bits per heavy atom. The molecule has 0 radical (unpaired) electrons. The Balaban J connectivity index is 1.36. The molecule has 1 aromatic carbocycles. The summed E-state index contributed by atoms with van der Waals surface area (Å²) in [6, 6.07) is 10.9. The van der Waals surface area contributed by atoms with Crippen molar-refractivity contribution in [2.75, 3.05) is 32.8 Å². The third-order valence-corrected chi connectivity index (χ3v) is 4.48. The van der Waals surface area contributed by atoms with Crippen molar-refractivity contribution in [1.82, 2.24) is 10.2 Å². The zero-order valence-electron chi connectivity index (χ0n) is 13.0. The molecule has 1 unspecified atom stereocenters. The van der Waals surface area contributed by atoms with Gasteiger partial charge in [0.25, 0.3) is 0 Å². The van der Waals surface area contributed by atoms with Crippen molar-refractivity contribution in [2.24, 2.45) is 5.92 Å². The Labute approximate surface area is 128 Å². The highest BCUT2D eigenvalue weighted by molar-refractivity contribution is 5.20. The van der Waals surface area contributed by atoms with E-state index in [1.165, 1.54) is 51.9 Å². The second kappa shape index (κ2) is 7.81. The lowest BCUT2D eigenvalue weighted by Crippen LogP contribution is -2.39. The van der Waals surface area contributed by atoms with Crippen molar-refractivity contribution in [3.05, 3.63) is 30.3 Å². The van der Waals surface area contributed by atoms with Crippen molar-refractivity contribution in [3.63, 3.8) is 0 Å². The average Bonchev–Trinajstić information content (AvgIpc) is 3.18. The first-order valence-electron chi connectivity index (χ1n) is 8.54. The van der Waals surface area contributed by atoms with Gasteiger partial charge in [-0.25, -0.2) is 0 Å². The molecule has 3 rings (SSSR count). The van der Waals surface area contributed by atoms with Gasteiger partial charge in [-0.1, -0.05) is 18.2 Å². The molecule has 2 aliphatic rings. The van der Waals surface area contributed by atoms with Crippen LogP contribution in [0.2, 0.25) is 0 Å². The first-order valence-corrected chi connectivity index (χ1v) is 8.54. The fraction of sp³-hybridized carbons (Fsp3) is 0.667. The topological polar surface area (TPSA) is 24.5 Å². The molecule has 1 aromatic rings. The minimum atomic E-state index is 0.721. The number of nitrogens with zero attached hydrogens (tertiary/aromatic N) is 1. The third-order valence-electron chi connectivity index (χ3n) is 4.48.